The molecule has 0 radical (unpaired) electrons. The highest BCUT2D eigenvalue weighted by Crippen LogP contribution is 2.32. The van der Waals surface area contributed by atoms with E-state index in [1.807, 2.05) is 36.4 Å². The Hall–Kier alpha value is -3.33. The van der Waals surface area contributed by atoms with Crippen LogP contribution in [0.3, 0.4) is 0 Å². The lowest BCUT2D eigenvalue weighted by Crippen LogP contribution is -2.46. The number of hydrogen-bond acceptors (Lipinski definition) is 5. The Labute approximate surface area is 162 Å². The second-order valence-electron chi connectivity index (χ2n) is 7.24. The van der Waals surface area contributed by atoms with Crippen LogP contribution in [0.2, 0.25) is 0 Å². The number of rotatable bonds is 4. The summed E-state index contributed by atoms with van der Waals surface area (Å²) in [5, 5.41) is 14.8. The van der Waals surface area contributed by atoms with Gasteiger partial charge in [0.2, 0.25) is 5.76 Å². The van der Waals surface area contributed by atoms with Gasteiger partial charge in [-0.05, 0) is 38.0 Å². The zero-order valence-electron chi connectivity index (χ0n) is 15.6. The minimum absolute atomic E-state index is 0.0926. The predicted molar refractivity (Wildman–Crippen MR) is 104 cm³/mol. The lowest BCUT2D eigenvalue weighted by molar-refractivity contribution is -0.125. The highest BCUT2D eigenvalue weighted by Gasteiger charge is 2.35. The third-order valence-electron chi connectivity index (χ3n) is 5.40. The molecule has 1 amide bonds. The molecular weight excluding hydrogens is 356 g/mol. The summed E-state index contributed by atoms with van der Waals surface area (Å²) in [5.74, 6) is -1.07. The summed E-state index contributed by atoms with van der Waals surface area (Å²) in [6.07, 6.45) is 3.05. The van der Waals surface area contributed by atoms with Gasteiger partial charge in [0, 0.05) is 16.3 Å². The van der Waals surface area contributed by atoms with Crippen molar-refractivity contribution in [2.75, 3.05) is 6.61 Å². The maximum absolute atomic E-state index is 12.5. The van der Waals surface area contributed by atoms with Crippen molar-refractivity contribution < 1.29 is 18.7 Å². The molecule has 1 aromatic heterocycles. The van der Waals surface area contributed by atoms with Gasteiger partial charge in [0.25, 0.3) is 5.91 Å². The van der Waals surface area contributed by atoms with Gasteiger partial charge in [0.1, 0.15) is 11.1 Å². The van der Waals surface area contributed by atoms with Gasteiger partial charge >= 0.3 is 5.97 Å². The third kappa shape index (κ3) is 3.09. The first-order valence-electron chi connectivity index (χ1n) is 9.33. The summed E-state index contributed by atoms with van der Waals surface area (Å²) in [5.41, 5.74) is 0.467. The van der Waals surface area contributed by atoms with Gasteiger partial charge in [0.15, 0.2) is 6.61 Å². The molecule has 0 atom stereocenters. The van der Waals surface area contributed by atoms with Crippen LogP contribution in [0.25, 0.3) is 21.7 Å². The molecule has 1 fully saturated rings. The number of hydrogen-bond donors (Lipinski definition) is 1. The van der Waals surface area contributed by atoms with Crippen LogP contribution in [0.15, 0.2) is 40.8 Å². The summed E-state index contributed by atoms with van der Waals surface area (Å²) >= 11 is 0. The fourth-order valence-corrected chi connectivity index (χ4v) is 3.89. The highest BCUT2D eigenvalue weighted by molar-refractivity contribution is 6.08. The number of aryl methyl sites for hydroxylation is 1. The van der Waals surface area contributed by atoms with Crippen molar-refractivity contribution in [3.63, 3.8) is 0 Å². The summed E-state index contributed by atoms with van der Waals surface area (Å²) in [7, 11) is 0. The van der Waals surface area contributed by atoms with Crippen LogP contribution in [0.4, 0.5) is 0 Å². The van der Waals surface area contributed by atoms with Crippen molar-refractivity contribution in [2.45, 2.75) is 38.1 Å². The number of benzene rings is 2. The molecule has 0 saturated heterocycles. The molecule has 0 spiro atoms. The van der Waals surface area contributed by atoms with Gasteiger partial charge in [-0.3, -0.25) is 4.79 Å². The second kappa shape index (κ2) is 7.01. The fourth-order valence-electron chi connectivity index (χ4n) is 3.89. The Balaban J connectivity index is 1.51. The van der Waals surface area contributed by atoms with Gasteiger partial charge in [-0.25, -0.2) is 4.79 Å². The van der Waals surface area contributed by atoms with Gasteiger partial charge in [0.05, 0.1) is 6.07 Å². The number of carbonyl (C=O) groups excluding carboxylic acids is 2. The van der Waals surface area contributed by atoms with E-state index in [0.29, 0.717) is 24.0 Å². The molecule has 0 bridgehead atoms. The minimum Gasteiger partial charge on any atom is -0.450 e. The van der Waals surface area contributed by atoms with Crippen molar-refractivity contribution in [1.29, 1.82) is 5.26 Å². The van der Waals surface area contributed by atoms with E-state index in [0.717, 1.165) is 29.0 Å². The van der Waals surface area contributed by atoms with Crippen molar-refractivity contribution in [3.8, 4) is 6.07 Å². The summed E-state index contributed by atoms with van der Waals surface area (Å²) in [6.45, 7) is 1.35. The number of carbonyl (C=O) groups is 2. The molecule has 6 heteroatoms. The maximum atomic E-state index is 12.5. The molecule has 0 unspecified atom stereocenters. The number of ether oxygens (including phenoxy) is 1. The molecule has 142 valence electrons. The van der Waals surface area contributed by atoms with Crippen LogP contribution in [-0.2, 0) is 9.53 Å². The molecule has 1 aliphatic rings. The quantitative estimate of drug-likeness (QED) is 0.695. The number of nitriles is 1. The molecule has 1 N–H and O–H groups in total. The monoisotopic (exact) mass is 376 g/mol. The summed E-state index contributed by atoms with van der Waals surface area (Å²) in [6, 6.07) is 13.8. The molecule has 1 aliphatic carbocycles. The lowest BCUT2D eigenvalue weighted by Gasteiger charge is -2.21. The lowest BCUT2D eigenvalue weighted by atomic mass is 10.00. The number of fused-ring (bicyclic) bond motifs is 3. The number of nitrogens with one attached hydrogen (secondary N) is 1. The minimum atomic E-state index is -0.836. The van der Waals surface area contributed by atoms with E-state index >= 15 is 0 Å². The Bertz CT molecular complexity index is 1120. The first kappa shape index (κ1) is 18.1. The Kier molecular flexibility index (Phi) is 4.52. The van der Waals surface area contributed by atoms with Crippen LogP contribution in [0.1, 0.15) is 41.8 Å². The van der Waals surface area contributed by atoms with Crippen LogP contribution >= 0.6 is 0 Å². The number of furan rings is 1. The van der Waals surface area contributed by atoms with E-state index in [-0.39, 0.29) is 5.76 Å². The zero-order valence-corrected chi connectivity index (χ0v) is 15.6. The summed E-state index contributed by atoms with van der Waals surface area (Å²) in [4.78, 5) is 24.7. The molecule has 2 aromatic carbocycles. The Morgan fingerprint density at radius 2 is 1.93 bits per heavy atom. The largest absolute Gasteiger partial charge is 0.450 e. The normalized spacial score (nSPS) is 15.4. The SMILES string of the molecule is Cc1c(C(=O)OCC(=O)NC2(C#N)CCCC2)oc2c1ccc1ccccc12. The van der Waals surface area contributed by atoms with Gasteiger partial charge in [-0.15, -0.1) is 0 Å². The van der Waals surface area contributed by atoms with Crippen LogP contribution < -0.4 is 5.32 Å². The van der Waals surface area contributed by atoms with Gasteiger partial charge in [-0.2, -0.15) is 5.26 Å². The first-order valence-corrected chi connectivity index (χ1v) is 9.33. The van der Waals surface area contributed by atoms with Gasteiger partial charge < -0.3 is 14.5 Å². The second-order valence-corrected chi connectivity index (χ2v) is 7.24. The van der Waals surface area contributed by atoms with Crippen LogP contribution in [0.5, 0.6) is 0 Å². The average Bonchev–Trinajstić information content (AvgIpc) is 3.31. The fraction of sp³-hybridized carbons (Fsp3) is 0.318. The molecule has 4 rings (SSSR count). The number of esters is 1. The molecule has 3 aromatic rings. The van der Waals surface area contributed by atoms with E-state index < -0.39 is 24.0 Å². The van der Waals surface area contributed by atoms with Crippen molar-refractivity contribution in [2.24, 2.45) is 0 Å². The van der Waals surface area contributed by atoms with Crippen LogP contribution in [-0.4, -0.2) is 24.0 Å². The van der Waals surface area contributed by atoms with E-state index in [9.17, 15) is 14.9 Å². The van der Waals surface area contributed by atoms with Gasteiger partial charge in [-0.1, -0.05) is 36.4 Å². The molecule has 1 saturated carbocycles. The van der Waals surface area contributed by atoms with E-state index in [1.165, 1.54) is 0 Å². The zero-order chi connectivity index (χ0) is 19.7. The van der Waals surface area contributed by atoms with Crippen molar-refractivity contribution >= 4 is 33.6 Å². The number of amides is 1. The predicted octanol–water partition coefficient (Wildman–Crippen LogP) is 4.00. The molecule has 28 heavy (non-hydrogen) atoms. The summed E-state index contributed by atoms with van der Waals surface area (Å²) < 4.78 is 11.0. The molecule has 1 heterocycles. The van der Waals surface area contributed by atoms with E-state index in [2.05, 4.69) is 11.4 Å². The Morgan fingerprint density at radius 3 is 2.68 bits per heavy atom. The molecular formula is C22H20N2O4. The highest BCUT2D eigenvalue weighted by atomic mass is 16.5. The van der Waals surface area contributed by atoms with E-state index in [1.54, 1.807) is 6.92 Å². The third-order valence-corrected chi connectivity index (χ3v) is 5.40. The Morgan fingerprint density at radius 1 is 1.18 bits per heavy atom. The number of nitrogens with zero attached hydrogens (tertiary/aromatic N) is 1. The topological polar surface area (TPSA) is 92.3 Å². The van der Waals surface area contributed by atoms with Crippen LogP contribution in [0, 0.1) is 18.3 Å². The molecule has 0 aliphatic heterocycles. The van der Waals surface area contributed by atoms with E-state index in [4.69, 9.17) is 9.15 Å². The maximum Gasteiger partial charge on any atom is 0.375 e. The smallest absolute Gasteiger partial charge is 0.375 e. The molecule has 6 nitrogen and oxygen atoms in total. The first-order chi connectivity index (χ1) is 13.5. The standard InChI is InChI=1S/C22H20N2O4/c1-14-16-9-8-15-6-2-3-7-17(15)20(16)28-19(14)21(26)27-12-18(25)24-22(13-23)10-4-5-11-22/h2-3,6-9H,4-5,10-12H2,1H3,(H,24,25). The van der Waals surface area contributed by atoms with Crippen molar-refractivity contribution in [3.05, 3.63) is 47.7 Å². The van der Waals surface area contributed by atoms with Crippen molar-refractivity contribution in [1.82, 2.24) is 5.32 Å². The average molecular weight is 376 g/mol.